The number of benzene rings is 1. The first-order valence-electron chi connectivity index (χ1n) is 15.3. The predicted molar refractivity (Wildman–Crippen MR) is 181 cm³/mol. The van der Waals surface area contributed by atoms with Gasteiger partial charge < -0.3 is 19.5 Å². The average Bonchev–Trinajstić information content (AvgIpc) is 3.41. The smallest absolute Gasteiger partial charge is 0.407 e. The maximum Gasteiger partial charge on any atom is 0.417 e. The summed E-state index contributed by atoms with van der Waals surface area (Å²) in [5, 5.41) is 4.42. The molecule has 2 aliphatic rings. The van der Waals surface area contributed by atoms with E-state index in [1.54, 1.807) is 16.8 Å². The Morgan fingerprint density at radius 1 is 1.15 bits per heavy atom. The lowest BCUT2D eigenvalue weighted by molar-refractivity contribution is -0.128. The number of nitrogens with zero attached hydrogens (tertiary/aromatic N) is 5. The monoisotopic (exact) mass is 639 g/mol. The number of hydrogen-bond donors (Lipinski definition) is 2. The summed E-state index contributed by atoms with van der Waals surface area (Å²) in [6, 6.07) is 7.15. The van der Waals surface area contributed by atoms with Crippen LogP contribution >= 0.6 is 11.6 Å². The molecule has 11 nitrogen and oxygen atoms in total. The van der Waals surface area contributed by atoms with Crippen LogP contribution in [0.15, 0.2) is 57.1 Å². The van der Waals surface area contributed by atoms with E-state index in [4.69, 9.17) is 26.0 Å². The molecule has 0 bridgehead atoms. The van der Waals surface area contributed by atoms with E-state index in [1.807, 2.05) is 57.7 Å². The van der Waals surface area contributed by atoms with Crippen LogP contribution in [0.25, 0.3) is 39.1 Å². The number of rotatable bonds is 4. The zero-order valence-electron chi connectivity index (χ0n) is 26.3. The minimum absolute atomic E-state index is 0.0124. The Balaban J connectivity index is 1.58. The van der Waals surface area contributed by atoms with Gasteiger partial charge in [0.2, 0.25) is 5.91 Å². The van der Waals surface area contributed by atoms with Crippen LogP contribution in [0.2, 0.25) is 5.02 Å². The Morgan fingerprint density at radius 2 is 1.93 bits per heavy atom. The number of carbonyl (C=O) groups is 1. The SMILES string of the molecule is C=CC(=O)N1CC2CNc3c(c4cc(Cl)c(-c5c(C)ccc6[nH]c(=O)oc56)nc4n(-c4c(C)ccnc4C(C)C)c3=O)N2CC1C. The van der Waals surface area contributed by atoms with Crippen molar-refractivity contribution in [1.29, 1.82) is 0 Å². The zero-order valence-corrected chi connectivity index (χ0v) is 27.0. The van der Waals surface area contributed by atoms with Gasteiger partial charge in [-0.3, -0.25) is 24.1 Å². The fourth-order valence-corrected chi connectivity index (χ4v) is 7.18. The highest BCUT2D eigenvalue weighted by Crippen LogP contribution is 2.43. The molecule has 2 atom stereocenters. The van der Waals surface area contributed by atoms with Gasteiger partial charge in [-0.25, -0.2) is 9.78 Å². The Morgan fingerprint density at radius 3 is 2.67 bits per heavy atom. The van der Waals surface area contributed by atoms with Gasteiger partial charge in [-0.15, -0.1) is 0 Å². The molecule has 0 saturated carbocycles. The van der Waals surface area contributed by atoms with Crippen LogP contribution in [0, 0.1) is 13.8 Å². The van der Waals surface area contributed by atoms with Crippen molar-refractivity contribution in [3.05, 3.63) is 85.9 Å². The first kappa shape index (κ1) is 29.8. The van der Waals surface area contributed by atoms with Crippen LogP contribution in [0.1, 0.15) is 43.5 Å². The molecule has 12 heteroatoms. The lowest BCUT2D eigenvalue weighted by Gasteiger charge is -2.49. The van der Waals surface area contributed by atoms with Crippen molar-refractivity contribution in [3.8, 4) is 16.9 Å². The molecular formula is C34H34ClN7O4. The van der Waals surface area contributed by atoms with Gasteiger partial charge in [0.15, 0.2) is 5.58 Å². The molecule has 6 heterocycles. The standard InChI is InChI=1S/C34H34ClN7O4/c1-7-24(43)40-15-20-13-37-28-30(41(20)14-19(40)6)21-12-22(35)27(25-17(4)8-9-23-31(25)46-34(45)38-23)39-32(21)42(33(28)44)29-18(5)10-11-36-26(29)16(2)3/h7-12,16,19-20,37H,1,13-15H2,2-6H3,(H,38,45). The molecule has 2 unspecified atom stereocenters. The van der Waals surface area contributed by atoms with Gasteiger partial charge >= 0.3 is 5.76 Å². The average molecular weight is 640 g/mol. The van der Waals surface area contributed by atoms with Crippen LogP contribution in [-0.2, 0) is 4.79 Å². The number of hydrogen-bond acceptors (Lipinski definition) is 8. The van der Waals surface area contributed by atoms with Gasteiger partial charge in [-0.2, -0.15) is 0 Å². The number of pyridine rings is 3. The minimum atomic E-state index is -0.586. The molecule has 0 aliphatic carbocycles. The summed E-state index contributed by atoms with van der Waals surface area (Å²) in [6.07, 6.45) is 3.09. The molecular weight excluding hydrogens is 606 g/mol. The molecule has 5 aromatic rings. The second-order valence-corrected chi connectivity index (χ2v) is 12.9. The summed E-state index contributed by atoms with van der Waals surface area (Å²) in [5.41, 5.74) is 6.17. The number of amides is 1. The number of aryl methyl sites for hydroxylation is 2. The Hall–Kier alpha value is -4.90. The number of halogens is 1. The second kappa shape index (κ2) is 10.9. The molecule has 1 saturated heterocycles. The molecule has 1 aromatic carbocycles. The van der Waals surface area contributed by atoms with Crippen LogP contribution in [0.5, 0.6) is 0 Å². The van der Waals surface area contributed by atoms with E-state index in [2.05, 4.69) is 21.8 Å². The van der Waals surface area contributed by atoms with Gasteiger partial charge in [-0.1, -0.05) is 38.1 Å². The first-order valence-corrected chi connectivity index (χ1v) is 15.7. The fraction of sp³-hybridized carbons (Fsp3) is 0.324. The number of oxazole rings is 1. The van der Waals surface area contributed by atoms with Crippen molar-refractivity contribution in [3.63, 3.8) is 0 Å². The predicted octanol–water partition coefficient (Wildman–Crippen LogP) is 5.29. The van der Waals surface area contributed by atoms with Crippen LogP contribution < -0.4 is 21.5 Å². The normalized spacial score (nSPS) is 17.7. The lowest BCUT2D eigenvalue weighted by Crippen LogP contribution is -2.62. The first-order chi connectivity index (χ1) is 22.0. The minimum Gasteiger partial charge on any atom is -0.407 e. The van der Waals surface area contributed by atoms with E-state index in [9.17, 15) is 14.4 Å². The quantitative estimate of drug-likeness (QED) is 0.254. The van der Waals surface area contributed by atoms with Gasteiger partial charge in [0.1, 0.15) is 11.3 Å². The summed E-state index contributed by atoms with van der Waals surface area (Å²) in [5.74, 6) is -0.696. The maximum atomic E-state index is 14.8. The Kier molecular flexibility index (Phi) is 7.04. The molecule has 46 heavy (non-hydrogen) atoms. The van der Waals surface area contributed by atoms with E-state index < -0.39 is 5.76 Å². The van der Waals surface area contributed by atoms with Crippen molar-refractivity contribution in [2.75, 3.05) is 29.9 Å². The third kappa shape index (κ3) is 4.44. The highest BCUT2D eigenvalue weighted by atomic mass is 35.5. The summed E-state index contributed by atoms with van der Waals surface area (Å²) < 4.78 is 7.22. The summed E-state index contributed by atoms with van der Waals surface area (Å²) in [7, 11) is 0. The van der Waals surface area contributed by atoms with Crippen molar-refractivity contribution in [2.24, 2.45) is 0 Å². The maximum absolute atomic E-state index is 14.8. The van der Waals surface area contributed by atoms with Crippen molar-refractivity contribution < 1.29 is 9.21 Å². The molecule has 0 spiro atoms. The number of H-pyrrole nitrogens is 1. The molecule has 4 aromatic heterocycles. The number of aromatic nitrogens is 4. The second-order valence-electron chi connectivity index (χ2n) is 12.5. The topological polar surface area (TPSA) is 129 Å². The highest BCUT2D eigenvalue weighted by molar-refractivity contribution is 6.34. The van der Waals surface area contributed by atoms with Crippen LogP contribution in [0.3, 0.4) is 0 Å². The Bertz CT molecular complexity index is 2220. The summed E-state index contributed by atoms with van der Waals surface area (Å²) in [4.78, 5) is 56.3. The number of anilines is 2. The fourth-order valence-electron chi connectivity index (χ4n) is 6.93. The number of nitrogens with one attached hydrogen (secondary N) is 2. The van der Waals surface area contributed by atoms with Gasteiger partial charge in [0, 0.05) is 42.8 Å². The number of piperazine rings is 1. The third-order valence-corrected chi connectivity index (χ3v) is 9.42. The molecule has 236 valence electrons. The van der Waals surface area contributed by atoms with E-state index in [-0.39, 0.29) is 29.5 Å². The summed E-state index contributed by atoms with van der Waals surface area (Å²) >= 11 is 7.10. The van der Waals surface area contributed by atoms with Crippen molar-refractivity contribution in [1.82, 2.24) is 24.4 Å². The Labute approximate surface area is 269 Å². The molecule has 1 amide bonds. The number of carbonyl (C=O) groups excluding carboxylic acids is 1. The molecule has 7 rings (SSSR count). The van der Waals surface area contributed by atoms with Crippen LogP contribution in [-0.4, -0.2) is 62.0 Å². The summed E-state index contributed by atoms with van der Waals surface area (Å²) in [6.45, 7) is 15.0. The van der Waals surface area contributed by atoms with E-state index in [0.29, 0.717) is 75.1 Å². The number of fused-ring (bicyclic) bond motifs is 6. The molecule has 0 radical (unpaired) electrons. The van der Waals surface area contributed by atoms with Gasteiger partial charge in [0.25, 0.3) is 5.56 Å². The van der Waals surface area contributed by atoms with Gasteiger partial charge in [-0.05, 0) is 62.1 Å². The largest absolute Gasteiger partial charge is 0.417 e. The lowest BCUT2D eigenvalue weighted by atomic mass is 9.99. The molecule has 2 N–H and O–H groups in total. The van der Waals surface area contributed by atoms with Crippen molar-refractivity contribution in [2.45, 2.75) is 52.6 Å². The molecule has 2 aliphatic heterocycles. The van der Waals surface area contributed by atoms with E-state index >= 15 is 0 Å². The van der Waals surface area contributed by atoms with Gasteiger partial charge in [0.05, 0.1) is 39.3 Å². The highest BCUT2D eigenvalue weighted by Gasteiger charge is 2.39. The van der Waals surface area contributed by atoms with E-state index in [1.165, 1.54) is 6.08 Å². The molecule has 1 fully saturated rings. The van der Waals surface area contributed by atoms with E-state index in [0.717, 1.165) is 16.8 Å². The zero-order chi connectivity index (χ0) is 32.6. The third-order valence-electron chi connectivity index (χ3n) is 9.14. The van der Waals surface area contributed by atoms with Crippen LogP contribution in [0.4, 0.5) is 11.4 Å². The number of aromatic amines is 1. The van der Waals surface area contributed by atoms with Crippen molar-refractivity contribution >= 4 is 51.0 Å².